The van der Waals surface area contributed by atoms with Crippen LogP contribution in [0.2, 0.25) is 0 Å². The van der Waals surface area contributed by atoms with Crippen LogP contribution in [0.3, 0.4) is 0 Å². The zero-order chi connectivity index (χ0) is 11.6. The highest BCUT2D eigenvalue weighted by atomic mass is 19.4. The highest BCUT2D eigenvalue weighted by Crippen LogP contribution is 2.32. The number of benzene rings is 1. The molecular weight excluding hydrogens is 212 g/mol. The van der Waals surface area contributed by atoms with Gasteiger partial charge in [-0.2, -0.15) is 13.2 Å². The third-order valence-electron chi connectivity index (χ3n) is 1.91. The molecule has 0 aliphatic heterocycles. The fraction of sp³-hybridized carbons (Fsp3) is 0.300. The molecular formula is C10H8F4O. The summed E-state index contributed by atoms with van der Waals surface area (Å²) in [6, 6.07) is 2.05. The lowest BCUT2D eigenvalue weighted by Crippen LogP contribution is -2.13. The first-order valence-electron chi connectivity index (χ1n) is 4.26. The molecule has 0 unspecified atom stereocenters. The van der Waals surface area contributed by atoms with E-state index in [1.807, 2.05) is 0 Å². The Morgan fingerprint density at radius 2 is 1.93 bits per heavy atom. The Balaban J connectivity index is 3.33. The van der Waals surface area contributed by atoms with E-state index < -0.39 is 28.9 Å². The smallest absolute Gasteiger partial charge is 0.294 e. The molecule has 0 aliphatic rings. The molecule has 0 spiro atoms. The van der Waals surface area contributed by atoms with Crippen LogP contribution in [0.1, 0.15) is 29.3 Å². The van der Waals surface area contributed by atoms with Crippen molar-refractivity contribution in [1.29, 1.82) is 0 Å². The van der Waals surface area contributed by atoms with Crippen LogP contribution in [0.15, 0.2) is 18.2 Å². The van der Waals surface area contributed by atoms with Gasteiger partial charge in [0.2, 0.25) is 0 Å². The van der Waals surface area contributed by atoms with E-state index in [1.54, 1.807) is 0 Å². The maximum Gasteiger partial charge on any atom is 0.417 e. The third-order valence-corrected chi connectivity index (χ3v) is 1.91. The van der Waals surface area contributed by atoms with Crippen LogP contribution >= 0.6 is 0 Å². The standard InChI is InChI=1S/C10H8F4O/c1-2-9(15)7-4-3-6(11)5-8(7)10(12,13)14/h3-5H,2H2,1H3. The molecule has 1 nitrogen and oxygen atoms in total. The fourth-order valence-electron chi connectivity index (χ4n) is 1.18. The number of ketones is 1. The molecule has 0 radical (unpaired) electrons. The first-order chi connectivity index (χ1) is 6.86. The summed E-state index contributed by atoms with van der Waals surface area (Å²) >= 11 is 0. The third kappa shape index (κ3) is 2.55. The van der Waals surface area contributed by atoms with Gasteiger partial charge in [-0.15, -0.1) is 0 Å². The average molecular weight is 220 g/mol. The molecule has 0 fully saturated rings. The van der Waals surface area contributed by atoms with Crippen molar-refractivity contribution in [1.82, 2.24) is 0 Å². The summed E-state index contributed by atoms with van der Waals surface area (Å²) in [5, 5.41) is 0. The molecule has 0 bridgehead atoms. The minimum Gasteiger partial charge on any atom is -0.294 e. The number of hydrogen-bond acceptors (Lipinski definition) is 1. The number of carbonyl (C=O) groups excluding carboxylic acids is 1. The second-order valence-electron chi connectivity index (χ2n) is 2.96. The molecule has 82 valence electrons. The number of halogens is 4. The average Bonchev–Trinajstić information content (AvgIpc) is 2.15. The van der Waals surface area contributed by atoms with Gasteiger partial charge >= 0.3 is 6.18 Å². The molecule has 1 aromatic carbocycles. The molecule has 0 aliphatic carbocycles. The first kappa shape index (κ1) is 11.7. The van der Waals surface area contributed by atoms with Gasteiger partial charge < -0.3 is 0 Å². The minimum absolute atomic E-state index is 0.0469. The van der Waals surface area contributed by atoms with Gasteiger partial charge in [-0.05, 0) is 18.2 Å². The predicted molar refractivity (Wildman–Crippen MR) is 46.0 cm³/mol. The molecule has 1 aromatic rings. The second kappa shape index (κ2) is 4.00. The Kier molecular flexibility index (Phi) is 3.12. The Morgan fingerprint density at radius 3 is 2.40 bits per heavy atom. The second-order valence-corrected chi connectivity index (χ2v) is 2.96. The lowest BCUT2D eigenvalue weighted by molar-refractivity contribution is -0.138. The molecule has 0 saturated carbocycles. The number of carbonyl (C=O) groups is 1. The highest BCUT2D eigenvalue weighted by Gasteiger charge is 2.35. The zero-order valence-corrected chi connectivity index (χ0v) is 7.86. The van der Waals surface area contributed by atoms with Gasteiger partial charge in [0.15, 0.2) is 5.78 Å². The van der Waals surface area contributed by atoms with Gasteiger partial charge in [-0.1, -0.05) is 6.92 Å². The number of alkyl halides is 3. The van der Waals surface area contributed by atoms with Crippen molar-refractivity contribution in [3.8, 4) is 0 Å². The summed E-state index contributed by atoms with van der Waals surface area (Å²) in [7, 11) is 0. The maximum absolute atomic E-state index is 12.6. The van der Waals surface area contributed by atoms with Crippen LogP contribution in [0, 0.1) is 5.82 Å². The Morgan fingerprint density at radius 1 is 1.33 bits per heavy atom. The largest absolute Gasteiger partial charge is 0.417 e. The van der Waals surface area contributed by atoms with E-state index in [0.29, 0.717) is 6.07 Å². The van der Waals surface area contributed by atoms with Crippen LogP contribution in [0.4, 0.5) is 17.6 Å². The molecule has 0 aromatic heterocycles. The molecule has 0 amide bonds. The molecule has 1 rings (SSSR count). The first-order valence-corrected chi connectivity index (χ1v) is 4.26. The van der Waals surface area contributed by atoms with Crippen LogP contribution in [0.5, 0.6) is 0 Å². The summed E-state index contributed by atoms with van der Waals surface area (Å²) in [6.45, 7) is 1.45. The van der Waals surface area contributed by atoms with Crippen molar-refractivity contribution < 1.29 is 22.4 Å². The lowest BCUT2D eigenvalue weighted by atomic mass is 10.0. The Labute approximate surface area is 83.7 Å². The van der Waals surface area contributed by atoms with Crippen LogP contribution in [-0.2, 0) is 6.18 Å². The van der Waals surface area contributed by atoms with Gasteiger partial charge in [0, 0.05) is 12.0 Å². The fourth-order valence-corrected chi connectivity index (χ4v) is 1.18. The van der Waals surface area contributed by atoms with E-state index in [2.05, 4.69) is 0 Å². The number of rotatable bonds is 2. The normalized spacial score (nSPS) is 11.5. The molecule has 0 heterocycles. The lowest BCUT2D eigenvalue weighted by Gasteiger charge is -2.11. The van der Waals surface area contributed by atoms with E-state index in [9.17, 15) is 22.4 Å². The topological polar surface area (TPSA) is 17.1 Å². The van der Waals surface area contributed by atoms with Crippen LogP contribution < -0.4 is 0 Å². The SMILES string of the molecule is CCC(=O)c1ccc(F)cc1C(F)(F)F. The Hall–Kier alpha value is -1.39. The van der Waals surface area contributed by atoms with Crippen molar-refractivity contribution in [2.45, 2.75) is 19.5 Å². The highest BCUT2D eigenvalue weighted by molar-refractivity contribution is 5.97. The summed E-state index contributed by atoms with van der Waals surface area (Å²) in [5.41, 5.74) is -1.69. The number of hydrogen-bond donors (Lipinski definition) is 0. The maximum atomic E-state index is 12.6. The summed E-state index contributed by atoms with van der Waals surface area (Å²) in [6.07, 6.45) is -4.75. The molecule has 15 heavy (non-hydrogen) atoms. The molecule has 0 atom stereocenters. The van der Waals surface area contributed by atoms with E-state index in [0.717, 1.165) is 12.1 Å². The van der Waals surface area contributed by atoms with E-state index in [4.69, 9.17) is 0 Å². The summed E-state index contributed by atoms with van der Waals surface area (Å²) in [4.78, 5) is 11.2. The van der Waals surface area contributed by atoms with Crippen molar-refractivity contribution >= 4 is 5.78 Å². The van der Waals surface area contributed by atoms with Crippen LogP contribution in [-0.4, -0.2) is 5.78 Å². The minimum atomic E-state index is -4.71. The van der Waals surface area contributed by atoms with Crippen molar-refractivity contribution in [3.63, 3.8) is 0 Å². The monoisotopic (exact) mass is 220 g/mol. The van der Waals surface area contributed by atoms with Gasteiger partial charge in [-0.25, -0.2) is 4.39 Å². The van der Waals surface area contributed by atoms with E-state index in [-0.39, 0.29) is 6.42 Å². The van der Waals surface area contributed by atoms with Gasteiger partial charge in [0.1, 0.15) is 5.82 Å². The van der Waals surface area contributed by atoms with Gasteiger partial charge in [-0.3, -0.25) is 4.79 Å². The molecule has 0 saturated heterocycles. The Bertz CT molecular complexity index is 381. The van der Waals surface area contributed by atoms with Crippen molar-refractivity contribution in [3.05, 3.63) is 35.1 Å². The number of Topliss-reactive ketones (excluding diaryl/α,β-unsaturated/α-hetero) is 1. The predicted octanol–water partition coefficient (Wildman–Crippen LogP) is 3.44. The van der Waals surface area contributed by atoms with E-state index in [1.165, 1.54) is 6.92 Å². The van der Waals surface area contributed by atoms with E-state index >= 15 is 0 Å². The van der Waals surface area contributed by atoms with Crippen molar-refractivity contribution in [2.24, 2.45) is 0 Å². The summed E-state index contributed by atoms with van der Waals surface area (Å²) < 4.78 is 49.9. The molecule has 5 heteroatoms. The zero-order valence-electron chi connectivity index (χ0n) is 7.86. The quantitative estimate of drug-likeness (QED) is 0.551. The van der Waals surface area contributed by atoms with Gasteiger partial charge in [0.05, 0.1) is 5.56 Å². The van der Waals surface area contributed by atoms with Crippen molar-refractivity contribution in [2.75, 3.05) is 0 Å². The van der Waals surface area contributed by atoms with Crippen LogP contribution in [0.25, 0.3) is 0 Å². The molecule has 0 N–H and O–H groups in total. The summed E-state index contributed by atoms with van der Waals surface area (Å²) in [5.74, 6) is -1.66. The van der Waals surface area contributed by atoms with Gasteiger partial charge in [0.25, 0.3) is 0 Å².